The summed E-state index contributed by atoms with van der Waals surface area (Å²) >= 11 is 1.90. The number of hydrazine groups is 1. The maximum absolute atomic E-state index is 13.7. The van der Waals surface area contributed by atoms with Crippen LogP contribution in [0.2, 0.25) is 0 Å². The second kappa shape index (κ2) is 8.57. The summed E-state index contributed by atoms with van der Waals surface area (Å²) in [5.41, 5.74) is 6.24. The van der Waals surface area contributed by atoms with Crippen molar-refractivity contribution in [3.05, 3.63) is 0 Å². The van der Waals surface area contributed by atoms with Gasteiger partial charge < -0.3 is 15.1 Å². The van der Waals surface area contributed by atoms with Crippen molar-refractivity contribution in [1.82, 2.24) is 30.7 Å². The standard InChI is InChI=1S/C21H38N6O3S2/c1-13-18(31-14(2)23-13)12-26-16-7-6-15(32(29,30)25-21(3)8-9-21)11-17(16)27(20(26)28)19-5-4-10-22-24-19/h13-19,22-25H,4-12H2,1-3H3. The highest BCUT2D eigenvalue weighted by atomic mass is 32.2. The molecule has 0 aromatic carbocycles. The molecule has 0 aromatic rings. The molecule has 3 saturated heterocycles. The van der Waals surface area contributed by atoms with E-state index >= 15 is 0 Å². The predicted octanol–water partition coefficient (Wildman–Crippen LogP) is 1.14. The zero-order valence-electron chi connectivity index (χ0n) is 19.3. The van der Waals surface area contributed by atoms with Crippen molar-refractivity contribution in [1.29, 1.82) is 0 Å². The van der Waals surface area contributed by atoms with Gasteiger partial charge in [-0.25, -0.2) is 23.4 Å². The van der Waals surface area contributed by atoms with E-state index in [0.29, 0.717) is 36.1 Å². The molecule has 7 atom stereocenters. The van der Waals surface area contributed by atoms with Crippen LogP contribution in [0.5, 0.6) is 0 Å². The summed E-state index contributed by atoms with van der Waals surface area (Å²) in [6.45, 7) is 7.94. The predicted molar refractivity (Wildman–Crippen MR) is 126 cm³/mol. The Kier molecular flexibility index (Phi) is 6.20. The quantitative estimate of drug-likeness (QED) is 0.446. The van der Waals surface area contributed by atoms with Gasteiger partial charge in [-0.15, -0.1) is 11.8 Å². The number of urea groups is 1. The van der Waals surface area contributed by atoms with Crippen LogP contribution in [0, 0.1) is 0 Å². The van der Waals surface area contributed by atoms with Gasteiger partial charge in [-0.3, -0.25) is 5.43 Å². The lowest BCUT2D eigenvalue weighted by Gasteiger charge is -2.40. The molecule has 2 amide bonds. The van der Waals surface area contributed by atoms with Crippen molar-refractivity contribution in [3.8, 4) is 0 Å². The number of thioether (sulfide) groups is 1. The number of sulfonamides is 1. The molecule has 5 rings (SSSR count). The Hall–Kier alpha value is -0.590. The van der Waals surface area contributed by atoms with E-state index in [9.17, 15) is 13.2 Å². The van der Waals surface area contributed by atoms with Crippen molar-refractivity contribution in [2.45, 2.75) is 111 Å². The Morgan fingerprint density at radius 2 is 1.97 bits per heavy atom. The van der Waals surface area contributed by atoms with Crippen molar-refractivity contribution in [2.75, 3.05) is 13.1 Å². The fourth-order valence-electron chi connectivity index (χ4n) is 5.91. The molecular formula is C21H38N6O3S2. The smallest absolute Gasteiger partial charge is 0.318 e. The average Bonchev–Trinajstić information content (AvgIpc) is 3.27. The molecule has 11 heteroatoms. The van der Waals surface area contributed by atoms with Crippen LogP contribution in [0.15, 0.2) is 0 Å². The van der Waals surface area contributed by atoms with Crippen LogP contribution in [-0.4, -0.2) is 83.0 Å². The van der Waals surface area contributed by atoms with Crippen LogP contribution in [0.25, 0.3) is 0 Å². The van der Waals surface area contributed by atoms with Gasteiger partial charge in [0.15, 0.2) is 0 Å². The van der Waals surface area contributed by atoms with Gasteiger partial charge in [-0.1, -0.05) is 0 Å². The number of amides is 2. The number of hydrogen-bond donors (Lipinski definition) is 4. The van der Waals surface area contributed by atoms with E-state index in [1.54, 1.807) is 0 Å². The summed E-state index contributed by atoms with van der Waals surface area (Å²) in [4.78, 5) is 17.8. The highest BCUT2D eigenvalue weighted by Crippen LogP contribution is 2.41. The molecule has 3 aliphatic heterocycles. The molecule has 5 fully saturated rings. The van der Waals surface area contributed by atoms with Gasteiger partial charge in [0, 0.05) is 29.9 Å². The Morgan fingerprint density at radius 1 is 1.19 bits per heavy atom. The van der Waals surface area contributed by atoms with Crippen LogP contribution in [0.1, 0.15) is 65.7 Å². The number of carbonyl (C=O) groups excluding carboxylic acids is 1. The van der Waals surface area contributed by atoms with E-state index < -0.39 is 15.3 Å². The first-order valence-electron chi connectivity index (χ1n) is 12.2. The molecule has 4 N–H and O–H groups in total. The molecule has 7 unspecified atom stereocenters. The zero-order valence-corrected chi connectivity index (χ0v) is 21.0. The van der Waals surface area contributed by atoms with Crippen molar-refractivity contribution in [2.24, 2.45) is 0 Å². The lowest BCUT2D eigenvalue weighted by Crippen LogP contribution is -2.59. The number of carbonyl (C=O) groups is 1. The Morgan fingerprint density at radius 3 is 2.59 bits per heavy atom. The van der Waals surface area contributed by atoms with Crippen molar-refractivity contribution in [3.63, 3.8) is 0 Å². The van der Waals surface area contributed by atoms with Crippen LogP contribution in [0.3, 0.4) is 0 Å². The summed E-state index contributed by atoms with van der Waals surface area (Å²) in [5, 5.41) is 3.86. The minimum atomic E-state index is -3.40. The van der Waals surface area contributed by atoms with Gasteiger partial charge in [0.1, 0.15) is 0 Å². The highest BCUT2D eigenvalue weighted by molar-refractivity contribution is 8.00. The second-order valence-corrected chi connectivity index (χ2v) is 14.2. The van der Waals surface area contributed by atoms with Crippen LogP contribution >= 0.6 is 11.8 Å². The lowest BCUT2D eigenvalue weighted by atomic mass is 9.89. The van der Waals surface area contributed by atoms with Gasteiger partial charge in [0.25, 0.3) is 0 Å². The van der Waals surface area contributed by atoms with E-state index in [4.69, 9.17) is 0 Å². The Balaban J connectivity index is 1.36. The normalized spacial score (nSPS) is 41.7. The van der Waals surface area contributed by atoms with E-state index in [1.807, 2.05) is 23.6 Å². The first-order chi connectivity index (χ1) is 15.2. The molecule has 0 radical (unpaired) electrons. The molecule has 9 nitrogen and oxygen atoms in total. The number of rotatable bonds is 6. The van der Waals surface area contributed by atoms with E-state index in [0.717, 1.165) is 38.6 Å². The van der Waals surface area contributed by atoms with E-state index in [1.165, 1.54) is 0 Å². The molecule has 3 heterocycles. The molecule has 2 saturated carbocycles. The minimum Gasteiger partial charge on any atom is -0.318 e. The number of hydrogen-bond acceptors (Lipinski definition) is 7. The zero-order chi connectivity index (χ0) is 22.7. The minimum absolute atomic E-state index is 0.0636. The second-order valence-electron chi connectivity index (χ2n) is 10.6. The number of fused-ring (bicyclic) bond motifs is 1. The van der Waals surface area contributed by atoms with Gasteiger partial charge in [0.05, 0.1) is 28.9 Å². The molecule has 5 aliphatic rings. The molecule has 182 valence electrons. The first-order valence-corrected chi connectivity index (χ1v) is 14.7. The third kappa shape index (κ3) is 4.40. The fourth-order valence-corrected chi connectivity index (χ4v) is 9.24. The summed E-state index contributed by atoms with van der Waals surface area (Å²) < 4.78 is 29.3. The van der Waals surface area contributed by atoms with Crippen molar-refractivity contribution >= 4 is 27.8 Å². The van der Waals surface area contributed by atoms with Gasteiger partial charge >= 0.3 is 6.03 Å². The van der Waals surface area contributed by atoms with E-state index in [-0.39, 0.29) is 29.8 Å². The number of nitrogens with one attached hydrogen (secondary N) is 4. The van der Waals surface area contributed by atoms with Crippen LogP contribution < -0.4 is 20.9 Å². The maximum Gasteiger partial charge on any atom is 0.321 e. The topological polar surface area (TPSA) is 106 Å². The van der Waals surface area contributed by atoms with Gasteiger partial charge in [-0.05, 0) is 65.7 Å². The maximum atomic E-state index is 13.7. The molecule has 0 spiro atoms. The summed E-state index contributed by atoms with van der Waals surface area (Å²) in [5.74, 6) is 0. The summed E-state index contributed by atoms with van der Waals surface area (Å²) in [6.07, 6.45) is 5.48. The molecule has 2 aliphatic carbocycles. The molecule has 32 heavy (non-hydrogen) atoms. The fraction of sp³-hybridized carbons (Fsp3) is 0.952. The molecule has 0 bridgehead atoms. The SMILES string of the molecule is CC1NC(C)C(CN2C(=O)N(C3CCCNN3)C3CC(S(=O)(=O)NC4(C)CC4)CCC32)S1. The van der Waals surface area contributed by atoms with Crippen LogP contribution in [0.4, 0.5) is 4.79 Å². The van der Waals surface area contributed by atoms with Crippen LogP contribution in [-0.2, 0) is 10.0 Å². The number of nitrogens with zero attached hydrogens (tertiary/aromatic N) is 2. The van der Waals surface area contributed by atoms with Gasteiger partial charge in [-0.2, -0.15) is 0 Å². The third-order valence-corrected chi connectivity index (χ3v) is 11.5. The Labute approximate surface area is 196 Å². The summed E-state index contributed by atoms with van der Waals surface area (Å²) in [6, 6.07) is 0.422. The summed E-state index contributed by atoms with van der Waals surface area (Å²) in [7, 11) is -3.40. The van der Waals surface area contributed by atoms with E-state index in [2.05, 4.69) is 39.6 Å². The first kappa shape index (κ1) is 23.2. The monoisotopic (exact) mass is 486 g/mol. The average molecular weight is 487 g/mol. The Bertz CT molecular complexity index is 831. The third-order valence-electron chi connectivity index (χ3n) is 7.98. The van der Waals surface area contributed by atoms with Gasteiger partial charge in [0.2, 0.25) is 10.0 Å². The van der Waals surface area contributed by atoms with Crippen molar-refractivity contribution < 1.29 is 13.2 Å². The molecular weight excluding hydrogens is 448 g/mol. The largest absolute Gasteiger partial charge is 0.321 e. The lowest BCUT2D eigenvalue weighted by molar-refractivity contribution is 0.110. The molecule has 0 aromatic heterocycles. The highest BCUT2D eigenvalue weighted by Gasteiger charge is 2.54.